The molecule has 1 aliphatic heterocycles. The average Bonchev–Trinajstić information content (AvgIpc) is 2.93. The molecule has 1 aliphatic rings. The van der Waals surface area contributed by atoms with Crippen LogP contribution in [0.5, 0.6) is 0 Å². The van der Waals surface area contributed by atoms with Crippen LogP contribution < -0.4 is 11.1 Å². The first kappa shape index (κ1) is 15.1. The van der Waals surface area contributed by atoms with Gasteiger partial charge in [0.25, 0.3) is 0 Å². The van der Waals surface area contributed by atoms with Crippen molar-refractivity contribution in [2.75, 3.05) is 12.3 Å². The molecule has 6 heteroatoms. The van der Waals surface area contributed by atoms with Gasteiger partial charge in [0.05, 0.1) is 6.10 Å². The number of aliphatic carboxylic acids is 1. The van der Waals surface area contributed by atoms with Crippen molar-refractivity contribution in [3.63, 3.8) is 0 Å². The van der Waals surface area contributed by atoms with E-state index in [1.807, 2.05) is 12.1 Å². The van der Waals surface area contributed by atoms with E-state index in [2.05, 4.69) is 5.32 Å². The summed E-state index contributed by atoms with van der Waals surface area (Å²) in [6.45, 7) is 0.314. The number of hydrogen-bond donors (Lipinski definition) is 3. The Balaban J connectivity index is 1.75. The van der Waals surface area contributed by atoms with Gasteiger partial charge >= 0.3 is 5.97 Å². The van der Waals surface area contributed by atoms with Crippen molar-refractivity contribution >= 4 is 23.6 Å². The summed E-state index contributed by atoms with van der Waals surface area (Å²) in [7, 11) is 0. The number of nitrogens with one attached hydrogen (secondary N) is 1. The molecule has 21 heavy (non-hydrogen) atoms. The van der Waals surface area contributed by atoms with E-state index in [0.717, 1.165) is 5.56 Å². The molecule has 1 amide bonds. The Morgan fingerprint density at radius 1 is 1.33 bits per heavy atom. The number of carbonyl (C=O) groups excluding carboxylic acids is 1. The van der Waals surface area contributed by atoms with E-state index in [9.17, 15) is 9.59 Å². The molecule has 0 spiro atoms. The number of hydrogen-bond acceptors (Lipinski definition) is 4. The highest BCUT2D eigenvalue weighted by Gasteiger charge is 2.30. The summed E-state index contributed by atoms with van der Waals surface area (Å²) in [5.41, 5.74) is 7.12. The molecule has 6 nitrogen and oxygen atoms in total. The van der Waals surface area contributed by atoms with Crippen LogP contribution in [0.15, 0.2) is 30.3 Å². The topological polar surface area (TPSA) is 102 Å². The van der Waals surface area contributed by atoms with Gasteiger partial charge < -0.3 is 20.9 Å². The second-order valence-electron chi connectivity index (χ2n) is 4.91. The van der Waals surface area contributed by atoms with Gasteiger partial charge in [0.1, 0.15) is 0 Å². The number of carbonyl (C=O) groups is 2. The van der Waals surface area contributed by atoms with Crippen LogP contribution >= 0.6 is 0 Å². The fourth-order valence-corrected chi connectivity index (χ4v) is 2.09. The maximum absolute atomic E-state index is 11.7. The third-order valence-electron chi connectivity index (χ3n) is 3.25. The maximum Gasteiger partial charge on any atom is 0.332 e. The smallest absolute Gasteiger partial charge is 0.332 e. The molecule has 0 aromatic heterocycles. The van der Waals surface area contributed by atoms with Gasteiger partial charge in [0.15, 0.2) is 6.10 Å². The molecule has 2 rings (SSSR count). The summed E-state index contributed by atoms with van der Waals surface area (Å²) < 4.78 is 5.30. The summed E-state index contributed by atoms with van der Waals surface area (Å²) in [4.78, 5) is 22.4. The van der Waals surface area contributed by atoms with Crippen molar-refractivity contribution in [2.24, 2.45) is 0 Å². The van der Waals surface area contributed by atoms with Crippen LogP contribution in [0.3, 0.4) is 0 Å². The Bertz CT molecular complexity index is 539. The van der Waals surface area contributed by atoms with Crippen molar-refractivity contribution in [1.29, 1.82) is 0 Å². The van der Waals surface area contributed by atoms with E-state index in [4.69, 9.17) is 15.6 Å². The Hall–Kier alpha value is -2.34. The van der Waals surface area contributed by atoms with E-state index in [-0.39, 0.29) is 12.0 Å². The third-order valence-corrected chi connectivity index (χ3v) is 3.25. The molecule has 1 heterocycles. The van der Waals surface area contributed by atoms with Crippen LogP contribution in [0, 0.1) is 0 Å². The number of carboxylic acid groups (broad SMARTS) is 1. The summed E-state index contributed by atoms with van der Waals surface area (Å²) in [6, 6.07) is 7.15. The van der Waals surface area contributed by atoms with E-state index < -0.39 is 12.1 Å². The lowest BCUT2D eigenvalue weighted by atomic mass is 10.2. The van der Waals surface area contributed by atoms with Gasteiger partial charge in [0, 0.05) is 18.3 Å². The molecule has 0 saturated carbocycles. The first-order valence-electron chi connectivity index (χ1n) is 6.74. The predicted octanol–water partition coefficient (Wildman–Crippen LogP) is 1.03. The number of ether oxygens (including phenoxy) is 1. The zero-order valence-electron chi connectivity index (χ0n) is 11.5. The molecule has 4 N–H and O–H groups in total. The molecular formula is C15H18N2O4. The molecule has 1 aromatic carbocycles. The lowest BCUT2D eigenvalue weighted by Crippen LogP contribution is -2.32. The van der Waals surface area contributed by atoms with Crippen molar-refractivity contribution < 1.29 is 19.4 Å². The highest BCUT2D eigenvalue weighted by Crippen LogP contribution is 2.19. The molecule has 0 bridgehead atoms. The van der Waals surface area contributed by atoms with Crippen LogP contribution in [-0.2, 0) is 14.3 Å². The molecule has 112 valence electrons. The number of rotatable bonds is 5. The molecule has 1 saturated heterocycles. The van der Waals surface area contributed by atoms with Crippen LogP contribution in [0.2, 0.25) is 0 Å². The highest BCUT2D eigenvalue weighted by molar-refractivity contribution is 5.91. The standard InChI is InChI=1S/C15H18N2O4/c16-11-4-1-10(2-5-11)3-8-14(18)17-9-12-6-7-13(21-12)15(19)20/h1-5,8,12-13H,6-7,9,16H2,(H,17,18)(H,19,20)/b8-3+. The van der Waals surface area contributed by atoms with Gasteiger partial charge in [-0.25, -0.2) is 4.79 Å². The molecule has 2 unspecified atom stereocenters. The lowest BCUT2D eigenvalue weighted by Gasteiger charge is -2.11. The molecule has 0 aliphatic carbocycles. The first-order chi connectivity index (χ1) is 10.0. The number of nitrogens with two attached hydrogens (primary N) is 1. The van der Waals surface area contributed by atoms with Crippen molar-refractivity contribution in [2.45, 2.75) is 25.0 Å². The summed E-state index contributed by atoms with van der Waals surface area (Å²) in [5.74, 6) is -1.19. The van der Waals surface area contributed by atoms with Crippen LogP contribution in [0.1, 0.15) is 18.4 Å². The van der Waals surface area contributed by atoms with Crippen LogP contribution in [0.4, 0.5) is 5.69 Å². The second kappa shape index (κ2) is 6.90. The van der Waals surface area contributed by atoms with Gasteiger partial charge in [-0.3, -0.25) is 4.79 Å². The van der Waals surface area contributed by atoms with Crippen molar-refractivity contribution in [3.05, 3.63) is 35.9 Å². The Morgan fingerprint density at radius 3 is 2.67 bits per heavy atom. The number of benzene rings is 1. The van der Waals surface area contributed by atoms with Crippen LogP contribution in [-0.4, -0.2) is 35.7 Å². The molecule has 2 atom stereocenters. The number of amides is 1. The molecule has 0 radical (unpaired) electrons. The minimum atomic E-state index is -0.952. The third kappa shape index (κ3) is 4.61. The Morgan fingerprint density at radius 2 is 2.05 bits per heavy atom. The minimum absolute atomic E-state index is 0.236. The number of carboxylic acids is 1. The first-order valence-corrected chi connectivity index (χ1v) is 6.74. The van der Waals surface area contributed by atoms with Gasteiger partial charge in [-0.1, -0.05) is 12.1 Å². The Labute approximate surface area is 122 Å². The maximum atomic E-state index is 11.7. The highest BCUT2D eigenvalue weighted by atomic mass is 16.5. The largest absolute Gasteiger partial charge is 0.479 e. The van der Waals surface area contributed by atoms with Gasteiger partial charge in [-0.05, 0) is 36.6 Å². The van der Waals surface area contributed by atoms with Crippen molar-refractivity contribution in [3.8, 4) is 0 Å². The predicted molar refractivity (Wildman–Crippen MR) is 78.4 cm³/mol. The summed E-state index contributed by atoms with van der Waals surface area (Å²) in [6.07, 6.45) is 3.24. The molecule has 1 fully saturated rings. The normalized spacial score (nSPS) is 21.5. The zero-order chi connectivity index (χ0) is 15.2. The summed E-state index contributed by atoms with van der Waals surface area (Å²) >= 11 is 0. The monoisotopic (exact) mass is 290 g/mol. The number of anilines is 1. The fraction of sp³-hybridized carbons (Fsp3) is 0.333. The van der Waals surface area contributed by atoms with Gasteiger partial charge in [-0.15, -0.1) is 0 Å². The Kier molecular flexibility index (Phi) is 4.94. The van der Waals surface area contributed by atoms with E-state index in [1.165, 1.54) is 6.08 Å². The quantitative estimate of drug-likeness (QED) is 0.555. The average molecular weight is 290 g/mol. The van der Waals surface area contributed by atoms with Gasteiger partial charge in [-0.2, -0.15) is 0 Å². The SMILES string of the molecule is Nc1ccc(/C=C/C(=O)NCC2CCC(C(=O)O)O2)cc1. The fourth-order valence-electron chi connectivity index (χ4n) is 2.09. The lowest BCUT2D eigenvalue weighted by molar-refractivity contribution is -0.149. The molecule has 1 aromatic rings. The van der Waals surface area contributed by atoms with Crippen LogP contribution in [0.25, 0.3) is 6.08 Å². The second-order valence-corrected chi connectivity index (χ2v) is 4.91. The van der Waals surface area contributed by atoms with E-state index >= 15 is 0 Å². The molecular weight excluding hydrogens is 272 g/mol. The zero-order valence-corrected chi connectivity index (χ0v) is 11.5. The minimum Gasteiger partial charge on any atom is -0.479 e. The van der Waals surface area contributed by atoms with Gasteiger partial charge in [0.2, 0.25) is 5.91 Å². The van der Waals surface area contributed by atoms with Crippen molar-refractivity contribution in [1.82, 2.24) is 5.32 Å². The van der Waals surface area contributed by atoms with E-state index in [1.54, 1.807) is 18.2 Å². The summed E-state index contributed by atoms with van der Waals surface area (Å²) in [5, 5.41) is 11.5. The number of nitrogen functional groups attached to an aromatic ring is 1. The van der Waals surface area contributed by atoms with E-state index in [0.29, 0.717) is 25.1 Å².